The second-order valence-electron chi connectivity index (χ2n) is 5.26. The van der Waals surface area contributed by atoms with Crippen molar-refractivity contribution in [1.82, 2.24) is 5.43 Å². The quantitative estimate of drug-likeness (QED) is 0.590. The highest BCUT2D eigenvalue weighted by atomic mass is 16.5. The number of carbonyl (C=O) groups is 2. The van der Waals surface area contributed by atoms with Gasteiger partial charge in [-0.15, -0.1) is 0 Å². The number of carbonyl (C=O) groups excluding carboxylic acids is 2. The van der Waals surface area contributed by atoms with Gasteiger partial charge >= 0.3 is 0 Å². The molecule has 2 aromatic rings. The Kier molecular flexibility index (Phi) is 6.73. The summed E-state index contributed by atoms with van der Waals surface area (Å²) in [4.78, 5) is 23.5. The number of nitrogens with one attached hydrogen (secondary N) is 2. The second-order valence-corrected chi connectivity index (χ2v) is 5.26. The highest BCUT2D eigenvalue weighted by molar-refractivity contribution is 5.96. The molecule has 0 spiro atoms. The number of hydrogen-bond acceptors (Lipinski definition) is 5. The maximum Gasteiger partial charge on any atom is 0.271 e. The third kappa shape index (κ3) is 4.83. The van der Waals surface area contributed by atoms with E-state index in [1.165, 1.54) is 13.3 Å². The van der Waals surface area contributed by atoms with Crippen molar-refractivity contribution in [3.63, 3.8) is 0 Å². The number of hydrazone groups is 1. The number of methoxy groups -OCH3 is 2. The number of hydrogen-bond donors (Lipinski definition) is 2. The SMILES string of the molecule is CCC(=O)Nc1ccc(C(=O)NN=Cc2cccc(OC)c2OC)cc1. The van der Waals surface area contributed by atoms with Gasteiger partial charge < -0.3 is 14.8 Å². The van der Waals surface area contributed by atoms with Crippen LogP contribution >= 0.6 is 0 Å². The van der Waals surface area contributed by atoms with Crippen LogP contribution in [0, 0.1) is 0 Å². The Morgan fingerprint density at radius 1 is 1.08 bits per heavy atom. The van der Waals surface area contributed by atoms with Crippen LogP contribution in [-0.2, 0) is 4.79 Å². The predicted octanol–water partition coefficient (Wildman–Crippen LogP) is 2.82. The van der Waals surface area contributed by atoms with Crippen LogP contribution in [0.15, 0.2) is 47.6 Å². The molecule has 0 unspecified atom stereocenters. The Balaban J connectivity index is 2.02. The van der Waals surface area contributed by atoms with E-state index in [0.717, 1.165) is 0 Å². The summed E-state index contributed by atoms with van der Waals surface area (Å²) in [7, 11) is 3.08. The number of para-hydroxylation sites is 1. The first-order valence-electron chi connectivity index (χ1n) is 8.03. The third-order valence-electron chi connectivity index (χ3n) is 3.56. The average Bonchev–Trinajstić information content (AvgIpc) is 2.67. The molecule has 2 rings (SSSR count). The zero-order valence-electron chi connectivity index (χ0n) is 14.9. The Labute approximate surface area is 152 Å². The summed E-state index contributed by atoms with van der Waals surface area (Å²) in [5, 5.41) is 6.68. The van der Waals surface area contributed by atoms with E-state index in [1.54, 1.807) is 56.5 Å². The minimum Gasteiger partial charge on any atom is -0.493 e. The smallest absolute Gasteiger partial charge is 0.271 e. The number of anilines is 1. The molecule has 2 amide bonds. The number of benzene rings is 2. The van der Waals surface area contributed by atoms with E-state index in [4.69, 9.17) is 9.47 Å². The first-order valence-corrected chi connectivity index (χ1v) is 8.03. The monoisotopic (exact) mass is 355 g/mol. The highest BCUT2D eigenvalue weighted by Crippen LogP contribution is 2.29. The predicted molar refractivity (Wildman–Crippen MR) is 100.0 cm³/mol. The molecule has 0 bridgehead atoms. The number of ether oxygens (including phenoxy) is 2. The molecule has 2 N–H and O–H groups in total. The number of nitrogens with zero attached hydrogens (tertiary/aromatic N) is 1. The van der Waals surface area contributed by atoms with Gasteiger partial charge in [-0.25, -0.2) is 5.43 Å². The van der Waals surface area contributed by atoms with Gasteiger partial charge in [0, 0.05) is 23.2 Å². The summed E-state index contributed by atoms with van der Waals surface area (Å²) in [5.41, 5.74) is 4.19. The maximum absolute atomic E-state index is 12.1. The van der Waals surface area contributed by atoms with Crippen LogP contribution < -0.4 is 20.2 Å². The molecule has 0 aliphatic rings. The zero-order valence-corrected chi connectivity index (χ0v) is 14.9. The van der Waals surface area contributed by atoms with Crippen molar-refractivity contribution >= 4 is 23.7 Å². The van der Waals surface area contributed by atoms with E-state index < -0.39 is 0 Å². The molecule has 26 heavy (non-hydrogen) atoms. The molecule has 0 aliphatic carbocycles. The van der Waals surface area contributed by atoms with Gasteiger partial charge in [0.15, 0.2) is 11.5 Å². The molecule has 0 saturated carbocycles. The molecule has 0 saturated heterocycles. The van der Waals surface area contributed by atoms with Crippen molar-refractivity contribution < 1.29 is 19.1 Å². The Morgan fingerprint density at radius 2 is 1.81 bits per heavy atom. The second kappa shape index (κ2) is 9.22. The molecule has 0 radical (unpaired) electrons. The molecule has 7 heteroatoms. The van der Waals surface area contributed by atoms with Gasteiger partial charge in [-0.05, 0) is 36.4 Å². The van der Waals surface area contributed by atoms with Gasteiger partial charge in [0.1, 0.15) is 0 Å². The van der Waals surface area contributed by atoms with Gasteiger partial charge in [0.05, 0.1) is 20.4 Å². The Hall–Kier alpha value is -3.35. The summed E-state index contributed by atoms with van der Waals surface area (Å²) in [6.07, 6.45) is 1.87. The lowest BCUT2D eigenvalue weighted by molar-refractivity contribution is -0.115. The first-order chi connectivity index (χ1) is 12.6. The first kappa shape index (κ1) is 19.0. The van der Waals surface area contributed by atoms with Crippen LogP contribution in [0.5, 0.6) is 11.5 Å². The summed E-state index contributed by atoms with van der Waals surface area (Å²) >= 11 is 0. The van der Waals surface area contributed by atoms with Crippen molar-refractivity contribution in [2.45, 2.75) is 13.3 Å². The molecule has 0 heterocycles. The fourth-order valence-electron chi connectivity index (χ4n) is 2.19. The fourth-order valence-corrected chi connectivity index (χ4v) is 2.19. The summed E-state index contributed by atoms with van der Waals surface area (Å²) in [6.45, 7) is 1.77. The molecule has 0 fully saturated rings. The lowest BCUT2D eigenvalue weighted by Gasteiger charge is -2.09. The summed E-state index contributed by atoms with van der Waals surface area (Å²) < 4.78 is 10.5. The normalized spacial score (nSPS) is 10.4. The van der Waals surface area contributed by atoms with Gasteiger partial charge in [0.2, 0.25) is 5.91 Å². The van der Waals surface area contributed by atoms with Crippen LogP contribution in [-0.4, -0.2) is 32.2 Å². The molecule has 7 nitrogen and oxygen atoms in total. The van der Waals surface area contributed by atoms with Crippen LogP contribution in [0.1, 0.15) is 29.3 Å². The fraction of sp³-hybridized carbons (Fsp3) is 0.211. The summed E-state index contributed by atoms with van der Waals surface area (Å²) in [6, 6.07) is 11.9. The van der Waals surface area contributed by atoms with Crippen LogP contribution in [0.2, 0.25) is 0 Å². The summed E-state index contributed by atoms with van der Waals surface area (Å²) in [5.74, 6) is 0.659. The van der Waals surface area contributed by atoms with E-state index in [0.29, 0.717) is 34.7 Å². The maximum atomic E-state index is 12.1. The van der Waals surface area contributed by atoms with Crippen LogP contribution in [0.4, 0.5) is 5.69 Å². The molecular formula is C19H21N3O4. The molecule has 0 aliphatic heterocycles. The van der Waals surface area contributed by atoms with Gasteiger partial charge in [0.25, 0.3) is 5.91 Å². The third-order valence-corrected chi connectivity index (χ3v) is 3.56. The van der Waals surface area contributed by atoms with Crippen molar-refractivity contribution in [3.8, 4) is 11.5 Å². The van der Waals surface area contributed by atoms with Gasteiger partial charge in [-0.2, -0.15) is 5.10 Å². The van der Waals surface area contributed by atoms with Crippen LogP contribution in [0.25, 0.3) is 0 Å². The van der Waals surface area contributed by atoms with E-state index in [2.05, 4.69) is 15.8 Å². The lowest BCUT2D eigenvalue weighted by atomic mass is 10.2. The molecule has 2 aromatic carbocycles. The molecule has 0 atom stereocenters. The molecular weight excluding hydrogens is 334 g/mol. The van der Waals surface area contributed by atoms with E-state index in [9.17, 15) is 9.59 Å². The van der Waals surface area contributed by atoms with Crippen molar-refractivity contribution in [3.05, 3.63) is 53.6 Å². The molecule has 0 aromatic heterocycles. The topological polar surface area (TPSA) is 89.0 Å². The lowest BCUT2D eigenvalue weighted by Crippen LogP contribution is -2.17. The highest BCUT2D eigenvalue weighted by Gasteiger charge is 2.08. The van der Waals surface area contributed by atoms with Gasteiger partial charge in [-0.1, -0.05) is 13.0 Å². The van der Waals surface area contributed by atoms with Crippen molar-refractivity contribution in [1.29, 1.82) is 0 Å². The van der Waals surface area contributed by atoms with Crippen molar-refractivity contribution in [2.24, 2.45) is 5.10 Å². The zero-order chi connectivity index (χ0) is 18.9. The van der Waals surface area contributed by atoms with Gasteiger partial charge in [-0.3, -0.25) is 9.59 Å². The number of rotatable bonds is 7. The van der Waals surface area contributed by atoms with E-state index in [-0.39, 0.29) is 11.8 Å². The standard InChI is InChI=1S/C19H21N3O4/c1-4-17(23)21-15-10-8-13(9-11-15)19(24)22-20-12-14-6-5-7-16(25-2)18(14)26-3/h5-12H,4H2,1-3H3,(H,21,23)(H,22,24). The Bertz CT molecular complexity index is 801. The van der Waals surface area contributed by atoms with E-state index in [1.807, 2.05) is 0 Å². The van der Waals surface area contributed by atoms with E-state index >= 15 is 0 Å². The average molecular weight is 355 g/mol. The largest absolute Gasteiger partial charge is 0.493 e. The van der Waals surface area contributed by atoms with Crippen molar-refractivity contribution in [2.75, 3.05) is 19.5 Å². The Morgan fingerprint density at radius 3 is 2.42 bits per heavy atom. The number of amides is 2. The minimum atomic E-state index is -0.364. The minimum absolute atomic E-state index is 0.0842. The molecule has 136 valence electrons. The van der Waals surface area contributed by atoms with Crippen LogP contribution in [0.3, 0.4) is 0 Å².